The maximum Gasteiger partial charge on any atom is 0.254 e. The van der Waals surface area contributed by atoms with Gasteiger partial charge in [-0.1, -0.05) is 15.9 Å². The molecule has 5 heteroatoms. The number of halogens is 2. The molecular weight excluding hydrogens is 311 g/mol. The van der Waals surface area contributed by atoms with Crippen molar-refractivity contribution < 1.29 is 9.18 Å². The van der Waals surface area contributed by atoms with Crippen molar-refractivity contribution in [2.45, 2.75) is 18.9 Å². The lowest BCUT2D eigenvalue weighted by atomic mass is 9.98. The van der Waals surface area contributed by atoms with Crippen molar-refractivity contribution >= 4 is 21.8 Å². The molecule has 3 atom stereocenters. The van der Waals surface area contributed by atoms with E-state index in [-0.39, 0.29) is 11.9 Å². The molecule has 1 amide bonds. The summed E-state index contributed by atoms with van der Waals surface area (Å²) in [5.41, 5.74) is 6.47. The lowest BCUT2D eigenvalue weighted by Crippen LogP contribution is -2.33. The van der Waals surface area contributed by atoms with Gasteiger partial charge in [0.25, 0.3) is 5.91 Å². The second-order valence-electron chi connectivity index (χ2n) is 5.53. The zero-order chi connectivity index (χ0) is 13.6. The molecule has 0 aromatic heterocycles. The molecule has 3 unspecified atom stereocenters. The fourth-order valence-corrected chi connectivity index (χ4v) is 3.80. The molecule has 1 aliphatic heterocycles. The van der Waals surface area contributed by atoms with Gasteiger partial charge in [0, 0.05) is 29.2 Å². The van der Waals surface area contributed by atoms with Gasteiger partial charge in [0.05, 0.1) is 0 Å². The molecule has 0 bridgehead atoms. The standard InChI is InChI=1S/C14H16BrFN2O/c15-10-3-9(4-11(16)5-10)14(19)18-6-8-1-2-13(17)12(8)7-18/h3-5,8,12-13H,1-2,6-7,17H2. The first-order valence-corrected chi connectivity index (χ1v) is 7.35. The van der Waals surface area contributed by atoms with E-state index in [1.54, 1.807) is 6.07 Å². The number of fused-ring (bicyclic) bond motifs is 1. The number of amides is 1. The van der Waals surface area contributed by atoms with E-state index in [4.69, 9.17) is 5.73 Å². The molecular formula is C14H16BrFN2O. The van der Waals surface area contributed by atoms with Gasteiger partial charge in [0.2, 0.25) is 0 Å². The average Bonchev–Trinajstić information content (AvgIpc) is 2.90. The molecule has 1 aromatic carbocycles. The summed E-state index contributed by atoms with van der Waals surface area (Å²) in [6, 6.07) is 4.52. The van der Waals surface area contributed by atoms with Crippen LogP contribution in [0.15, 0.2) is 22.7 Å². The highest BCUT2D eigenvalue weighted by Crippen LogP contribution is 2.37. The molecule has 1 saturated heterocycles. The second kappa shape index (κ2) is 4.87. The normalized spacial score (nSPS) is 29.6. The molecule has 19 heavy (non-hydrogen) atoms. The monoisotopic (exact) mass is 326 g/mol. The lowest BCUT2D eigenvalue weighted by Gasteiger charge is -2.19. The summed E-state index contributed by atoms with van der Waals surface area (Å²) in [6.45, 7) is 1.46. The zero-order valence-electron chi connectivity index (χ0n) is 10.5. The average molecular weight is 327 g/mol. The third kappa shape index (κ3) is 2.41. The predicted molar refractivity (Wildman–Crippen MR) is 74.2 cm³/mol. The van der Waals surface area contributed by atoms with Crippen molar-refractivity contribution in [2.75, 3.05) is 13.1 Å². The second-order valence-corrected chi connectivity index (χ2v) is 6.45. The minimum Gasteiger partial charge on any atom is -0.338 e. The van der Waals surface area contributed by atoms with Gasteiger partial charge in [-0.2, -0.15) is 0 Å². The highest BCUT2D eigenvalue weighted by molar-refractivity contribution is 9.10. The first-order valence-electron chi connectivity index (χ1n) is 6.55. The number of likely N-dealkylation sites (tertiary alicyclic amines) is 1. The van der Waals surface area contributed by atoms with Gasteiger partial charge in [-0.15, -0.1) is 0 Å². The maximum atomic E-state index is 13.3. The van der Waals surface area contributed by atoms with E-state index < -0.39 is 5.82 Å². The molecule has 1 heterocycles. The van der Waals surface area contributed by atoms with Crippen LogP contribution in [0.25, 0.3) is 0 Å². The number of benzene rings is 1. The number of carbonyl (C=O) groups is 1. The summed E-state index contributed by atoms with van der Waals surface area (Å²) in [5.74, 6) is 0.451. The molecule has 102 valence electrons. The Hall–Kier alpha value is -0.940. The van der Waals surface area contributed by atoms with E-state index in [1.807, 2.05) is 4.90 Å². The number of carbonyl (C=O) groups excluding carboxylic acids is 1. The minimum atomic E-state index is -0.395. The number of rotatable bonds is 1. The minimum absolute atomic E-state index is 0.0956. The Labute approximate surface area is 120 Å². The van der Waals surface area contributed by atoms with E-state index in [0.29, 0.717) is 28.4 Å². The molecule has 2 N–H and O–H groups in total. The molecule has 3 rings (SSSR count). The van der Waals surface area contributed by atoms with E-state index in [0.717, 1.165) is 19.4 Å². The molecule has 2 aliphatic rings. The number of nitrogens with zero attached hydrogens (tertiary/aromatic N) is 1. The van der Waals surface area contributed by atoms with E-state index in [9.17, 15) is 9.18 Å². The van der Waals surface area contributed by atoms with Crippen LogP contribution in [0.2, 0.25) is 0 Å². The fraction of sp³-hybridized carbons (Fsp3) is 0.500. The van der Waals surface area contributed by atoms with Crippen LogP contribution in [0.1, 0.15) is 23.2 Å². The van der Waals surface area contributed by atoms with Crippen molar-refractivity contribution in [3.05, 3.63) is 34.1 Å². The summed E-state index contributed by atoms with van der Waals surface area (Å²) in [6.07, 6.45) is 2.16. The molecule has 1 aliphatic carbocycles. The maximum absolute atomic E-state index is 13.3. The van der Waals surface area contributed by atoms with Gasteiger partial charge < -0.3 is 10.6 Å². The van der Waals surface area contributed by atoms with Crippen LogP contribution >= 0.6 is 15.9 Å². The first-order chi connectivity index (χ1) is 9.04. The van der Waals surface area contributed by atoms with Gasteiger partial charge in [-0.3, -0.25) is 4.79 Å². The Bertz CT molecular complexity index is 502. The van der Waals surface area contributed by atoms with E-state index >= 15 is 0 Å². The summed E-state index contributed by atoms with van der Waals surface area (Å²) >= 11 is 3.22. The molecule has 1 saturated carbocycles. The van der Waals surface area contributed by atoms with Crippen molar-refractivity contribution in [3.8, 4) is 0 Å². The highest BCUT2D eigenvalue weighted by atomic mass is 79.9. The zero-order valence-corrected chi connectivity index (χ0v) is 12.1. The SMILES string of the molecule is NC1CCC2CN(C(=O)c3cc(F)cc(Br)c3)CC12. The first kappa shape index (κ1) is 13.1. The van der Waals surface area contributed by atoms with Crippen molar-refractivity contribution in [1.82, 2.24) is 4.90 Å². The summed E-state index contributed by atoms with van der Waals surface area (Å²) in [7, 11) is 0. The quantitative estimate of drug-likeness (QED) is 0.861. The van der Waals surface area contributed by atoms with Crippen molar-refractivity contribution in [2.24, 2.45) is 17.6 Å². The third-order valence-corrected chi connectivity index (χ3v) is 4.77. The van der Waals surface area contributed by atoms with E-state index in [1.165, 1.54) is 12.1 Å². The van der Waals surface area contributed by atoms with Crippen LogP contribution in [0.5, 0.6) is 0 Å². The molecule has 2 fully saturated rings. The molecule has 3 nitrogen and oxygen atoms in total. The van der Waals surface area contributed by atoms with Crippen LogP contribution in [-0.2, 0) is 0 Å². The van der Waals surface area contributed by atoms with Crippen LogP contribution < -0.4 is 5.73 Å². The Kier molecular flexibility index (Phi) is 3.35. The number of hydrogen-bond donors (Lipinski definition) is 1. The van der Waals surface area contributed by atoms with Crippen LogP contribution in [-0.4, -0.2) is 29.9 Å². The third-order valence-electron chi connectivity index (χ3n) is 4.31. The summed E-state index contributed by atoms with van der Waals surface area (Å²) < 4.78 is 13.9. The van der Waals surface area contributed by atoms with Gasteiger partial charge in [-0.05, 0) is 42.9 Å². The lowest BCUT2D eigenvalue weighted by molar-refractivity contribution is 0.0779. The Morgan fingerprint density at radius 1 is 1.32 bits per heavy atom. The Morgan fingerprint density at radius 2 is 2.11 bits per heavy atom. The summed E-state index contributed by atoms with van der Waals surface area (Å²) in [4.78, 5) is 14.2. The van der Waals surface area contributed by atoms with Crippen LogP contribution in [0.3, 0.4) is 0 Å². The van der Waals surface area contributed by atoms with Crippen LogP contribution in [0, 0.1) is 17.7 Å². The van der Waals surface area contributed by atoms with Crippen molar-refractivity contribution in [3.63, 3.8) is 0 Å². The molecule has 1 aromatic rings. The smallest absolute Gasteiger partial charge is 0.254 e. The Balaban J connectivity index is 1.78. The largest absolute Gasteiger partial charge is 0.338 e. The number of nitrogens with two attached hydrogens (primary N) is 1. The van der Waals surface area contributed by atoms with Crippen LogP contribution in [0.4, 0.5) is 4.39 Å². The van der Waals surface area contributed by atoms with Gasteiger partial charge in [0.1, 0.15) is 5.82 Å². The van der Waals surface area contributed by atoms with Gasteiger partial charge in [-0.25, -0.2) is 4.39 Å². The highest BCUT2D eigenvalue weighted by Gasteiger charge is 2.42. The summed E-state index contributed by atoms with van der Waals surface area (Å²) in [5, 5.41) is 0. The topological polar surface area (TPSA) is 46.3 Å². The molecule has 0 radical (unpaired) electrons. The number of hydrogen-bond acceptors (Lipinski definition) is 2. The van der Waals surface area contributed by atoms with Crippen molar-refractivity contribution in [1.29, 1.82) is 0 Å². The molecule has 0 spiro atoms. The van der Waals surface area contributed by atoms with Gasteiger partial charge >= 0.3 is 0 Å². The predicted octanol–water partition coefficient (Wildman–Crippen LogP) is 2.40. The Morgan fingerprint density at radius 3 is 2.79 bits per heavy atom. The van der Waals surface area contributed by atoms with Gasteiger partial charge in [0.15, 0.2) is 0 Å². The van der Waals surface area contributed by atoms with E-state index in [2.05, 4.69) is 15.9 Å². The fourth-order valence-electron chi connectivity index (χ4n) is 3.33.